The first-order chi connectivity index (χ1) is 10.8. The molecule has 0 unspecified atom stereocenters. The van der Waals surface area contributed by atoms with Gasteiger partial charge in [-0.1, -0.05) is 0 Å². The summed E-state index contributed by atoms with van der Waals surface area (Å²) in [6.07, 6.45) is 1.09. The van der Waals surface area contributed by atoms with Gasteiger partial charge in [-0.15, -0.1) is 0 Å². The molecule has 0 saturated heterocycles. The standard InChI is InChI=1S/C12H10N4O6S/c1-16-10(11(17)18)8(5-13-16)15-23(20,21)6-2-3-7-9(4-6)22-12(19)14-7/h2-5,15H,1H3,(H,14,19)(H,17,18). The lowest BCUT2D eigenvalue weighted by Gasteiger charge is -2.07. The van der Waals surface area contributed by atoms with Crippen LogP contribution in [-0.2, 0) is 17.1 Å². The van der Waals surface area contributed by atoms with Crippen LogP contribution < -0.4 is 10.5 Å². The highest BCUT2D eigenvalue weighted by Crippen LogP contribution is 2.22. The molecular formula is C12H10N4O6S. The van der Waals surface area contributed by atoms with Gasteiger partial charge in [0.25, 0.3) is 10.0 Å². The third-order valence-corrected chi connectivity index (χ3v) is 4.45. The van der Waals surface area contributed by atoms with Crippen molar-refractivity contribution in [1.82, 2.24) is 14.8 Å². The molecule has 11 heteroatoms. The van der Waals surface area contributed by atoms with Gasteiger partial charge in [-0.05, 0) is 12.1 Å². The Hall–Kier alpha value is -3.08. The van der Waals surface area contributed by atoms with E-state index in [0.717, 1.165) is 16.9 Å². The van der Waals surface area contributed by atoms with E-state index in [1.807, 2.05) is 0 Å². The van der Waals surface area contributed by atoms with E-state index in [4.69, 9.17) is 9.52 Å². The van der Waals surface area contributed by atoms with Gasteiger partial charge in [-0.2, -0.15) is 5.10 Å². The zero-order valence-electron chi connectivity index (χ0n) is 11.6. The first-order valence-electron chi connectivity index (χ1n) is 6.19. The van der Waals surface area contributed by atoms with Crippen LogP contribution in [0.2, 0.25) is 0 Å². The Balaban J connectivity index is 2.04. The monoisotopic (exact) mass is 338 g/mol. The van der Waals surface area contributed by atoms with Crippen LogP contribution >= 0.6 is 0 Å². The van der Waals surface area contributed by atoms with Crippen molar-refractivity contribution in [3.8, 4) is 0 Å². The number of rotatable bonds is 4. The number of anilines is 1. The quantitative estimate of drug-likeness (QED) is 0.622. The fourth-order valence-electron chi connectivity index (χ4n) is 2.06. The molecule has 3 aromatic rings. The lowest BCUT2D eigenvalue weighted by molar-refractivity contribution is 0.0686. The molecule has 1 aromatic carbocycles. The summed E-state index contributed by atoms with van der Waals surface area (Å²) in [5, 5.41) is 12.8. The van der Waals surface area contributed by atoms with Gasteiger partial charge in [-0.25, -0.2) is 18.0 Å². The molecule has 0 amide bonds. The maximum Gasteiger partial charge on any atom is 0.417 e. The molecule has 120 valence electrons. The number of fused-ring (bicyclic) bond motifs is 1. The van der Waals surface area contributed by atoms with Crippen LogP contribution in [-0.4, -0.2) is 34.3 Å². The fourth-order valence-corrected chi connectivity index (χ4v) is 3.13. The number of aromatic carboxylic acids is 1. The Kier molecular flexibility index (Phi) is 3.21. The van der Waals surface area contributed by atoms with Gasteiger partial charge in [0.1, 0.15) is 5.69 Å². The maximum atomic E-state index is 12.4. The number of nitrogens with zero attached hydrogens (tertiary/aromatic N) is 2. The number of hydrogen-bond donors (Lipinski definition) is 3. The third-order valence-electron chi connectivity index (χ3n) is 3.09. The summed E-state index contributed by atoms with van der Waals surface area (Å²) in [5.41, 5.74) is -0.0532. The van der Waals surface area contributed by atoms with Gasteiger partial charge in [0.15, 0.2) is 11.3 Å². The number of carboxylic acids is 1. The fraction of sp³-hybridized carbons (Fsp3) is 0.0833. The highest BCUT2D eigenvalue weighted by molar-refractivity contribution is 7.92. The summed E-state index contributed by atoms with van der Waals surface area (Å²) in [6.45, 7) is 0. The van der Waals surface area contributed by atoms with Crippen molar-refractivity contribution in [3.05, 3.63) is 40.6 Å². The predicted octanol–water partition coefficient (Wildman–Crippen LogP) is 0.354. The van der Waals surface area contributed by atoms with Crippen LogP contribution in [0.4, 0.5) is 5.69 Å². The molecule has 3 rings (SSSR count). The van der Waals surface area contributed by atoms with Crippen molar-refractivity contribution in [3.63, 3.8) is 0 Å². The number of oxazole rings is 1. The average molecular weight is 338 g/mol. The van der Waals surface area contributed by atoms with Gasteiger partial charge in [-0.3, -0.25) is 14.4 Å². The first kappa shape index (κ1) is 14.8. The molecule has 0 bridgehead atoms. The Morgan fingerprint density at radius 3 is 2.87 bits per heavy atom. The molecule has 23 heavy (non-hydrogen) atoms. The lowest BCUT2D eigenvalue weighted by atomic mass is 10.3. The predicted molar refractivity (Wildman–Crippen MR) is 77.8 cm³/mol. The Labute approximate surface area is 128 Å². The molecule has 3 N–H and O–H groups in total. The van der Waals surface area contributed by atoms with E-state index in [9.17, 15) is 18.0 Å². The van der Waals surface area contributed by atoms with Crippen LogP contribution in [0.25, 0.3) is 11.1 Å². The number of aryl methyl sites for hydroxylation is 1. The van der Waals surface area contributed by atoms with Gasteiger partial charge in [0.2, 0.25) is 0 Å². The molecule has 0 fully saturated rings. The van der Waals surface area contributed by atoms with Crippen molar-refractivity contribution < 1.29 is 22.7 Å². The zero-order valence-corrected chi connectivity index (χ0v) is 12.4. The van der Waals surface area contributed by atoms with Crippen molar-refractivity contribution in [2.45, 2.75) is 4.90 Å². The molecule has 2 aromatic heterocycles. The number of hydrogen-bond acceptors (Lipinski definition) is 6. The van der Waals surface area contributed by atoms with Crippen molar-refractivity contribution in [2.24, 2.45) is 7.05 Å². The average Bonchev–Trinajstić information content (AvgIpc) is 2.99. The molecule has 0 atom stereocenters. The smallest absolute Gasteiger partial charge is 0.417 e. The summed E-state index contributed by atoms with van der Waals surface area (Å²) in [6, 6.07) is 3.79. The number of aromatic amines is 1. The van der Waals surface area contributed by atoms with E-state index in [-0.39, 0.29) is 21.9 Å². The van der Waals surface area contributed by atoms with Gasteiger partial charge < -0.3 is 9.52 Å². The van der Waals surface area contributed by atoms with E-state index < -0.39 is 21.7 Å². The minimum atomic E-state index is -4.08. The van der Waals surface area contributed by atoms with E-state index in [1.54, 1.807) is 0 Å². The summed E-state index contributed by atoms with van der Waals surface area (Å²) in [5.74, 6) is -2.03. The number of H-pyrrole nitrogens is 1. The SMILES string of the molecule is Cn1ncc(NS(=O)(=O)c2ccc3[nH]c(=O)oc3c2)c1C(=O)O. The minimum absolute atomic E-state index is 0.0718. The Bertz CT molecular complexity index is 1070. The van der Waals surface area contributed by atoms with Crippen LogP contribution in [0.5, 0.6) is 0 Å². The molecule has 2 heterocycles. The van der Waals surface area contributed by atoms with Crippen molar-refractivity contribution in [1.29, 1.82) is 0 Å². The largest absolute Gasteiger partial charge is 0.476 e. The molecular weight excluding hydrogens is 328 g/mol. The molecule has 0 spiro atoms. The molecule has 0 aliphatic carbocycles. The highest BCUT2D eigenvalue weighted by atomic mass is 32.2. The second-order valence-electron chi connectivity index (χ2n) is 4.61. The lowest BCUT2D eigenvalue weighted by Crippen LogP contribution is -2.16. The summed E-state index contributed by atoms with van der Waals surface area (Å²) in [4.78, 5) is 24.5. The molecule has 0 radical (unpaired) electrons. The molecule has 10 nitrogen and oxygen atoms in total. The number of carbonyl (C=O) groups is 1. The minimum Gasteiger partial charge on any atom is -0.476 e. The second-order valence-corrected chi connectivity index (χ2v) is 6.30. The van der Waals surface area contributed by atoms with Crippen LogP contribution in [0.1, 0.15) is 10.5 Å². The van der Waals surface area contributed by atoms with E-state index in [1.165, 1.54) is 19.2 Å². The number of carboxylic acid groups (broad SMARTS) is 1. The summed E-state index contributed by atoms with van der Waals surface area (Å²) >= 11 is 0. The number of sulfonamides is 1. The van der Waals surface area contributed by atoms with Gasteiger partial charge in [0, 0.05) is 13.1 Å². The molecule has 0 aliphatic rings. The Morgan fingerprint density at radius 1 is 1.43 bits per heavy atom. The van der Waals surface area contributed by atoms with E-state index >= 15 is 0 Å². The van der Waals surface area contributed by atoms with Crippen molar-refractivity contribution in [2.75, 3.05) is 4.72 Å². The highest BCUT2D eigenvalue weighted by Gasteiger charge is 2.22. The van der Waals surface area contributed by atoms with E-state index in [0.29, 0.717) is 5.52 Å². The number of benzene rings is 1. The Morgan fingerprint density at radius 2 is 2.17 bits per heavy atom. The zero-order chi connectivity index (χ0) is 16.8. The first-order valence-corrected chi connectivity index (χ1v) is 7.67. The van der Waals surface area contributed by atoms with Gasteiger partial charge >= 0.3 is 11.7 Å². The van der Waals surface area contributed by atoms with Crippen LogP contribution in [0.15, 0.2) is 38.5 Å². The number of aromatic nitrogens is 3. The second kappa shape index (κ2) is 4.98. The van der Waals surface area contributed by atoms with Gasteiger partial charge in [0.05, 0.1) is 16.6 Å². The molecule has 0 aliphatic heterocycles. The summed E-state index contributed by atoms with van der Waals surface area (Å²) in [7, 11) is -2.70. The topological polar surface area (TPSA) is 147 Å². The van der Waals surface area contributed by atoms with E-state index in [2.05, 4.69) is 14.8 Å². The van der Waals surface area contributed by atoms with Crippen LogP contribution in [0, 0.1) is 0 Å². The molecule has 0 saturated carbocycles. The van der Waals surface area contributed by atoms with Crippen LogP contribution in [0.3, 0.4) is 0 Å². The summed E-state index contributed by atoms with van der Waals surface area (Å²) < 4.78 is 32.7. The maximum absolute atomic E-state index is 12.4. The van der Waals surface area contributed by atoms with Crippen molar-refractivity contribution >= 4 is 32.8 Å². The number of nitrogens with one attached hydrogen (secondary N) is 2. The third kappa shape index (κ3) is 2.57. The normalized spacial score (nSPS) is 11.7.